The Kier molecular flexibility index (Phi) is 4.43. The number of nitrogen functional groups attached to an aromatic ring is 1. The van der Waals surface area contributed by atoms with E-state index in [1.165, 1.54) is 4.88 Å². The molecule has 0 saturated heterocycles. The van der Waals surface area contributed by atoms with E-state index in [1.54, 1.807) is 23.5 Å². The van der Waals surface area contributed by atoms with Crippen LogP contribution >= 0.6 is 11.3 Å². The van der Waals surface area contributed by atoms with E-state index in [4.69, 9.17) is 11.0 Å². The van der Waals surface area contributed by atoms with Crippen LogP contribution in [0.5, 0.6) is 0 Å². The lowest BCUT2D eigenvalue weighted by atomic mass is 10.1. The summed E-state index contributed by atoms with van der Waals surface area (Å²) in [6.07, 6.45) is 2.13. The molecule has 2 aromatic rings. The molecule has 98 valence electrons. The van der Waals surface area contributed by atoms with Gasteiger partial charge in [0, 0.05) is 4.88 Å². The minimum Gasteiger partial charge on any atom is -0.397 e. The van der Waals surface area contributed by atoms with Gasteiger partial charge >= 0.3 is 0 Å². The first-order valence-corrected chi connectivity index (χ1v) is 7.22. The van der Waals surface area contributed by atoms with Crippen LogP contribution in [0, 0.1) is 11.3 Å². The topological polar surface area (TPSA) is 61.8 Å². The van der Waals surface area contributed by atoms with Crippen molar-refractivity contribution >= 4 is 22.7 Å². The molecule has 3 nitrogen and oxygen atoms in total. The molecule has 2 rings (SSSR count). The zero-order chi connectivity index (χ0) is 13.7. The lowest BCUT2D eigenvalue weighted by Gasteiger charge is -2.19. The maximum absolute atomic E-state index is 8.96. The van der Waals surface area contributed by atoms with Gasteiger partial charge in [0.2, 0.25) is 0 Å². The number of rotatable bonds is 5. The molecule has 1 heterocycles. The standard InChI is InChI=1S/C15H17N3S/c1-2-4-13(15-5-3-8-19-15)18-14-9-11(10-16)6-7-12(14)17/h3,5-9,13,18H,2,4,17H2,1H3. The number of nitrogens with two attached hydrogens (primary N) is 1. The first kappa shape index (κ1) is 13.4. The van der Waals surface area contributed by atoms with Crippen molar-refractivity contribution in [2.75, 3.05) is 11.1 Å². The second kappa shape index (κ2) is 6.26. The van der Waals surface area contributed by atoms with Crippen LogP contribution in [0.3, 0.4) is 0 Å². The van der Waals surface area contributed by atoms with Gasteiger partial charge in [-0.2, -0.15) is 5.26 Å². The van der Waals surface area contributed by atoms with Gasteiger partial charge in [0.05, 0.1) is 29.0 Å². The van der Waals surface area contributed by atoms with Crippen molar-refractivity contribution in [1.82, 2.24) is 0 Å². The average molecular weight is 271 g/mol. The Bertz CT molecular complexity index is 570. The predicted molar refractivity (Wildman–Crippen MR) is 81.2 cm³/mol. The van der Waals surface area contributed by atoms with Crippen LogP contribution in [0.15, 0.2) is 35.7 Å². The molecule has 1 atom stereocenters. The number of nitriles is 1. The normalized spacial score (nSPS) is 11.8. The summed E-state index contributed by atoms with van der Waals surface area (Å²) in [5, 5.41) is 14.5. The van der Waals surface area contributed by atoms with Crippen molar-refractivity contribution in [1.29, 1.82) is 5.26 Å². The molecule has 1 unspecified atom stereocenters. The van der Waals surface area contributed by atoms with Crippen molar-refractivity contribution in [3.63, 3.8) is 0 Å². The molecule has 0 aliphatic heterocycles. The molecule has 0 radical (unpaired) electrons. The molecule has 0 amide bonds. The maximum atomic E-state index is 8.96. The molecular weight excluding hydrogens is 254 g/mol. The number of nitrogens with one attached hydrogen (secondary N) is 1. The SMILES string of the molecule is CCCC(Nc1cc(C#N)ccc1N)c1cccs1. The molecule has 0 aliphatic rings. The van der Waals surface area contributed by atoms with Crippen LogP contribution in [0.4, 0.5) is 11.4 Å². The van der Waals surface area contributed by atoms with Crippen LogP contribution in [0.1, 0.15) is 36.2 Å². The van der Waals surface area contributed by atoms with Crippen LogP contribution in [-0.4, -0.2) is 0 Å². The summed E-state index contributed by atoms with van der Waals surface area (Å²) >= 11 is 1.74. The summed E-state index contributed by atoms with van der Waals surface area (Å²) in [6, 6.07) is 11.9. The van der Waals surface area contributed by atoms with Gasteiger partial charge in [0.1, 0.15) is 0 Å². The van der Waals surface area contributed by atoms with Gasteiger partial charge in [0.25, 0.3) is 0 Å². The number of anilines is 2. The number of nitrogens with zero attached hydrogens (tertiary/aromatic N) is 1. The molecule has 0 spiro atoms. The van der Waals surface area contributed by atoms with Gasteiger partial charge in [-0.1, -0.05) is 19.4 Å². The summed E-state index contributed by atoms with van der Waals surface area (Å²) in [5.74, 6) is 0. The second-order valence-electron chi connectivity index (χ2n) is 4.41. The molecule has 3 N–H and O–H groups in total. The van der Waals surface area contributed by atoms with Crippen LogP contribution in [0.25, 0.3) is 0 Å². The summed E-state index contributed by atoms with van der Waals surface area (Å²) < 4.78 is 0. The fourth-order valence-electron chi connectivity index (χ4n) is 2.00. The smallest absolute Gasteiger partial charge is 0.0992 e. The average Bonchev–Trinajstić information content (AvgIpc) is 2.94. The van der Waals surface area contributed by atoms with Gasteiger partial charge < -0.3 is 11.1 Å². The molecular formula is C15H17N3S. The molecule has 1 aromatic carbocycles. The highest BCUT2D eigenvalue weighted by atomic mass is 32.1. The third-order valence-electron chi connectivity index (χ3n) is 2.98. The lowest BCUT2D eigenvalue weighted by molar-refractivity contribution is 0.688. The highest BCUT2D eigenvalue weighted by Crippen LogP contribution is 2.30. The van der Waals surface area contributed by atoms with Gasteiger partial charge in [-0.25, -0.2) is 0 Å². The van der Waals surface area contributed by atoms with E-state index in [9.17, 15) is 0 Å². The van der Waals surface area contributed by atoms with Crippen LogP contribution < -0.4 is 11.1 Å². The Hall–Kier alpha value is -1.99. The maximum Gasteiger partial charge on any atom is 0.0992 e. The third kappa shape index (κ3) is 3.27. The number of benzene rings is 1. The zero-order valence-corrected chi connectivity index (χ0v) is 11.7. The quantitative estimate of drug-likeness (QED) is 0.803. The molecule has 19 heavy (non-hydrogen) atoms. The molecule has 0 saturated carbocycles. The van der Waals surface area contributed by atoms with Crippen molar-refractivity contribution in [2.24, 2.45) is 0 Å². The molecule has 0 aliphatic carbocycles. The van der Waals surface area contributed by atoms with E-state index in [0.717, 1.165) is 18.5 Å². The summed E-state index contributed by atoms with van der Waals surface area (Å²) in [6.45, 7) is 2.16. The summed E-state index contributed by atoms with van der Waals surface area (Å²) in [7, 11) is 0. The first-order valence-electron chi connectivity index (χ1n) is 6.34. The van der Waals surface area contributed by atoms with Gasteiger partial charge in [-0.05, 0) is 36.1 Å². The Morgan fingerprint density at radius 1 is 1.42 bits per heavy atom. The van der Waals surface area contributed by atoms with Crippen molar-refractivity contribution in [3.05, 3.63) is 46.2 Å². The highest BCUT2D eigenvalue weighted by molar-refractivity contribution is 7.10. The Labute approximate surface area is 117 Å². The van der Waals surface area contributed by atoms with Crippen LogP contribution in [0.2, 0.25) is 0 Å². The van der Waals surface area contributed by atoms with Gasteiger partial charge in [-0.15, -0.1) is 11.3 Å². The van der Waals surface area contributed by atoms with Gasteiger partial charge in [0.15, 0.2) is 0 Å². The lowest BCUT2D eigenvalue weighted by Crippen LogP contribution is -2.10. The molecule has 1 aromatic heterocycles. The van der Waals surface area contributed by atoms with E-state index in [1.807, 2.05) is 6.07 Å². The minimum absolute atomic E-state index is 0.251. The van der Waals surface area contributed by atoms with Crippen molar-refractivity contribution < 1.29 is 0 Å². The minimum atomic E-state index is 0.251. The highest BCUT2D eigenvalue weighted by Gasteiger charge is 2.13. The van der Waals surface area contributed by atoms with E-state index >= 15 is 0 Å². The summed E-state index contributed by atoms with van der Waals surface area (Å²) in [4.78, 5) is 1.30. The number of thiophene rings is 1. The Balaban J connectivity index is 2.24. The van der Waals surface area contributed by atoms with E-state index in [0.29, 0.717) is 11.3 Å². The van der Waals surface area contributed by atoms with E-state index in [2.05, 4.69) is 35.8 Å². The fourth-order valence-corrected chi connectivity index (χ4v) is 2.81. The Morgan fingerprint density at radius 3 is 2.89 bits per heavy atom. The third-order valence-corrected chi connectivity index (χ3v) is 3.96. The zero-order valence-electron chi connectivity index (χ0n) is 10.9. The van der Waals surface area contributed by atoms with Gasteiger partial charge in [-0.3, -0.25) is 0 Å². The monoisotopic (exact) mass is 271 g/mol. The number of hydrogen-bond acceptors (Lipinski definition) is 4. The number of hydrogen-bond donors (Lipinski definition) is 2. The summed E-state index contributed by atoms with van der Waals surface area (Å²) in [5.41, 5.74) is 8.11. The Morgan fingerprint density at radius 2 is 2.26 bits per heavy atom. The predicted octanol–water partition coefficient (Wildman–Crippen LogP) is 4.16. The largest absolute Gasteiger partial charge is 0.397 e. The van der Waals surface area contributed by atoms with Crippen LogP contribution in [-0.2, 0) is 0 Å². The van der Waals surface area contributed by atoms with Crippen molar-refractivity contribution in [3.8, 4) is 6.07 Å². The first-order chi connectivity index (χ1) is 9.24. The molecule has 4 heteroatoms. The second-order valence-corrected chi connectivity index (χ2v) is 5.39. The fraction of sp³-hybridized carbons (Fsp3) is 0.267. The van der Waals surface area contributed by atoms with Crippen molar-refractivity contribution in [2.45, 2.75) is 25.8 Å². The van der Waals surface area contributed by atoms with E-state index in [-0.39, 0.29) is 6.04 Å². The van der Waals surface area contributed by atoms with E-state index < -0.39 is 0 Å². The molecule has 0 bridgehead atoms. The molecule has 0 fully saturated rings.